The minimum absolute atomic E-state index is 0.0268. The Morgan fingerprint density at radius 1 is 1.05 bits per heavy atom. The number of rotatable bonds is 3. The molecule has 2 rings (SSSR count). The standard InChI is InChI=1S/C16H16N2O3/c1-10-6-4-5-7-14(10)16(19)17-15-11(2)8-13(18(20)21)9-12(15)3/h4-9H,1-3H3,(H,17,19). The van der Waals surface area contributed by atoms with Gasteiger partial charge in [0, 0.05) is 23.4 Å². The third-order valence-electron chi connectivity index (χ3n) is 3.36. The Bertz CT molecular complexity index is 700. The number of carbonyl (C=O) groups is 1. The van der Waals surface area contributed by atoms with Crippen molar-refractivity contribution in [1.29, 1.82) is 0 Å². The molecule has 1 N–H and O–H groups in total. The summed E-state index contributed by atoms with van der Waals surface area (Å²) >= 11 is 0. The van der Waals surface area contributed by atoms with Gasteiger partial charge in [0.05, 0.1) is 4.92 Å². The lowest BCUT2D eigenvalue weighted by Crippen LogP contribution is -2.15. The van der Waals surface area contributed by atoms with Crippen LogP contribution in [0.3, 0.4) is 0 Å². The number of nitrogens with zero attached hydrogens (tertiary/aromatic N) is 1. The van der Waals surface area contributed by atoms with Gasteiger partial charge in [-0.15, -0.1) is 0 Å². The fourth-order valence-electron chi connectivity index (χ4n) is 2.25. The van der Waals surface area contributed by atoms with Crippen LogP contribution in [0.15, 0.2) is 36.4 Å². The fourth-order valence-corrected chi connectivity index (χ4v) is 2.25. The van der Waals surface area contributed by atoms with Crippen molar-refractivity contribution >= 4 is 17.3 Å². The maximum atomic E-state index is 12.3. The highest BCUT2D eigenvalue weighted by molar-refractivity contribution is 6.06. The summed E-state index contributed by atoms with van der Waals surface area (Å²) < 4.78 is 0. The summed E-state index contributed by atoms with van der Waals surface area (Å²) in [6, 6.07) is 10.2. The fraction of sp³-hybridized carbons (Fsp3) is 0.188. The number of carbonyl (C=O) groups excluding carboxylic acids is 1. The highest BCUT2D eigenvalue weighted by Crippen LogP contribution is 2.26. The first-order valence-corrected chi connectivity index (χ1v) is 6.52. The summed E-state index contributed by atoms with van der Waals surface area (Å²) in [7, 11) is 0. The second-order valence-electron chi connectivity index (χ2n) is 4.98. The molecule has 0 aliphatic heterocycles. The Kier molecular flexibility index (Phi) is 4.03. The van der Waals surface area contributed by atoms with Crippen molar-refractivity contribution in [3.8, 4) is 0 Å². The molecule has 2 aromatic rings. The van der Waals surface area contributed by atoms with Crippen molar-refractivity contribution in [2.45, 2.75) is 20.8 Å². The number of nitro groups is 1. The van der Waals surface area contributed by atoms with E-state index < -0.39 is 4.92 Å². The third kappa shape index (κ3) is 3.08. The van der Waals surface area contributed by atoms with Gasteiger partial charge >= 0.3 is 0 Å². The SMILES string of the molecule is Cc1ccccc1C(=O)Nc1c(C)cc([N+](=O)[O-])cc1C. The summed E-state index contributed by atoms with van der Waals surface area (Å²) in [5, 5.41) is 13.7. The van der Waals surface area contributed by atoms with Gasteiger partial charge in [-0.3, -0.25) is 14.9 Å². The zero-order chi connectivity index (χ0) is 15.6. The molecular formula is C16H16N2O3. The van der Waals surface area contributed by atoms with Crippen LogP contribution in [0.25, 0.3) is 0 Å². The summed E-state index contributed by atoms with van der Waals surface area (Å²) in [6.45, 7) is 5.35. The molecule has 2 aromatic carbocycles. The maximum Gasteiger partial charge on any atom is 0.270 e. The highest BCUT2D eigenvalue weighted by Gasteiger charge is 2.15. The number of anilines is 1. The minimum atomic E-state index is -0.438. The van der Waals surface area contributed by atoms with E-state index in [4.69, 9.17) is 0 Å². The molecule has 0 fully saturated rings. The van der Waals surface area contributed by atoms with Gasteiger partial charge in [0.15, 0.2) is 0 Å². The van der Waals surface area contributed by atoms with E-state index in [0.717, 1.165) is 5.56 Å². The molecule has 0 aliphatic rings. The van der Waals surface area contributed by atoms with E-state index in [1.54, 1.807) is 26.0 Å². The van der Waals surface area contributed by atoms with Gasteiger partial charge in [-0.05, 0) is 43.5 Å². The first-order valence-electron chi connectivity index (χ1n) is 6.52. The number of nitro benzene ring substituents is 1. The molecular weight excluding hydrogens is 268 g/mol. The van der Waals surface area contributed by atoms with Gasteiger partial charge in [0.1, 0.15) is 0 Å². The molecule has 0 aromatic heterocycles. The number of hydrogen-bond acceptors (Lipinski definition) is 3. The molecule has 0 saturated heterocycles. The number of amides is 1. The van der Waals surface area contributed by atoms with Crippen molar-refractivity contribution in [3.05, 3.63) is 68.8 Å². The minimum Gasteiger partial charge on any atom is -0.321 e. The largest absolute Gasteiger partial charge is 0.321 e. The smallest absolute Gasteiger partial charge is 0.270 e. The van der Waals surface area contributed by atoms with Crippen LogP contribution < -0.4 is 5.32 Å². The molecule has 108 valence electrons. The van der Waals surface area contributed by atoms with Crippen LogP contribution in [0.2, 0.25) is 0 Å². The van der Waals surface area contributed by atoms with Crippen molar-refractivity contribution < 1.29 is 9.72 Å². The lowest BCUT2D eigenvalue weighted by molar-refractivity contribution is -0.384. The van der Waals surface area contributed by atoms with Crippen molar-refractivity contribution in [1.82, 2.24) is 0 Å². The molecule has 0 aliphatic carbocycles. The molecule has 21 heavy (non-hydrogen) atoms. The summed E-state index contributed by atoms with van der Waals surface area (Å²) in [5.74, 6) is -0.215. The van der Waals surface area contributed by atoms with E-state index in [1.165, 1.54) is 12.1 Å². The normalized spacial score (nSPS) is 10.2. The van der Waals surface area contributed by atoms with Gasteiger partial charge in [0.2, 0.25) is 0 Å². The Balaban J connectivity index is 2.34. The van der Waals surface area contributed by atoms with Gasteiger partial charge < -0.3 is 5.32 Å². The average Bonchev–Trinajstić information content (AvgIpc) is 2.42. The third-order valence-corrected chi connectivity index (χ3v) is 3.36. The Morgan fingerprint density at radius 3 is 2.14 bits per heavy atom. The lowest BCUT2D eigenvalue weighted by atomic mass is 10.1. The molecule has 0 heterocycles. The Hall–Kier alpha value is -2.69. The van der Waals surface area contributed by atoms with Crippen LogP contribution in [-0.4, -0.2) is 10.8 Å². The van der Waals surface area contributed by atoms with E-state index in [1.807, 2.05) is 19.1 Å². The van der Waals surface area contributed by atoms with E-state index in [9.17, 15) is 14.9 Å². The number of aryl methyl sites for hydroxylation is 3. The summed E-state index contributed by atoms with van der Waals surface area (Å²) in [4.78, 5) is 22.7. The molecule has 0 radical (unpaired) electrons. The van der Waals surface area contributed by atoms with Crippen LogP contribution >= 0.6 is 0 Å². The topological polar surface area (TPSA) is 72.2 Å². The maximum absolute atomic E-state index is 12.3. The Labute approximate surface area is 122 Å². The predicted molar refractivity (Wildman–Crippen MR) is 81.7 cm³/mol. The average molecular weight is 284 g/mol. The van der Waals surface area contributed by atoms with E-state index in [2.05, 4.69) is 5.32 Å². The predicted octanol–water partition coefficient (Wildman–Crippen LogP) is 3.77. The number of nitrogens with one attached hydrogen (secondary N) is 1. The zero-order valence-corrected chi connectivity index (χ0v) is 12.1. The summed E-state index contributed by atoms with van der Waals surface area (Å²) in [5.41, 5.74) is 3.46. The van der Waals surface area contributed by atoms with Crippen molar-refractivity contribution in [3.63, 3.8) is 0 Å². The van der Waals surface area contributed by atoms with Gasteiger partial charge in [-0.1, -0.05) is 18.2 Å². The number of non-ortho nitro benzene ring substituents is 1. The van der Waals surface area contributed by atoms with Crippen LogP contribution in [0.5, 0.6) is 0 Å². The molecule has 5 heteroatoms. The zero-order valence-electron chi connectivity index (χ0n) is 12.1. The van der Waals surface area contributed by atoms with Crippen LogP contribution in [-0.2, 0) is 0 Å². The monoisotopic (exact) mass is 284 g/mol. The molecule has 0 atom stereocenters. The molecule has 1 amide bonds. The molecule has 0 saturated carbocycles. The second kappa shape index (κ2) is 5.75. The van der Waals surface area contributed by atoms with Gasteiger partial charge in [0.25, 0.3) is 11.6 Å². The van der Waals surface area contributed by atoms with Crippen molar-refractivity contribution in [2.75, 3.05) is 5.32 Å². The Morgan fingerprint density at radius 2 is 1.62 bits per heavy atom. The number of benzene rings is 2. The van der Waals surface area contributed by atoms with Gasteiger partial charge in [-0.2, -0.15) is 0 Å². The van der Waals surface area contributed by atoms with Crippen LogP contribution in [0.1, 0.15) is 27.0 Å². The first-order chi connectivity index (χ1) is 9.90. The van der Waals surface area contributed by atoms with Gasteiger partial charge in [-0.25, -0.2) is 0 Å². The van der Waals surface area contributed by atoms with E-state index >= 15 is 0 Å². The summed E-state index contributed by atoms with van der Waals surface area (Å²) in [6.07, 6.45) is 0. The molecule has 0 unspecified atom stereocenters. The second-order valence-corrected chi connectivity index (χ2v) is 4.98. The lowest BCUT2D eigenvalue weighted by Gasteiger charge is -2.12. The number of hydrogen-bond donors (Lipinski definition) is 1. The van der Waals surface area contributed by atoms with E-state index in [0.29, 0.717) is 22.4 Å². The van der Waals surface area contributed by atoms with Crippen molar-refractivity contribution in [2.24, 2.45) is 0 Å². The molecule has 0 spiro atoms. The van der Waals surface area contributed by atoms with E-state index in [-0.39, 0.29) is 11.6 Å². The highest BCUT2D eigenvalue weighted by atomic mass is 16.6. The molecule has 5 nitrogen and oxygen atoms in total. The van der Waals surface area contributed by atoms with Crippen LogP contribution in [0, 0.1) is 30.9 Å². The van der Waals surface area contributed by atoms with Crippen LogP contribution in [0.4, 0.5) is 11.4 Å². The first kappa shape index (κ1) is 14.7. The molecule has 0 bridgehead atoms. The quantitative estimate of drug-likeness (QED) is 0.688.